The molecule has 27 heavy (non-hydrogen) atoms. The first-order chi connectivity index (χ1) is 13.9. The molecule has 0 spiro atoms. The molecular formula is C20H24N2O3S2. The van der Waals surface area contributed by atoms with Crippen molar-refractivity contribution >= 4 is 29.4 Å². The van der Waals surface area contributed by atoms with Crippen LogP contribution in [0.15, 0.2) is 46.2 Å². The Balaban J connectivity index is 0.000000166. The summed E-state index contributed by atoms with van der Waals surface area (Å²) in [5.74, 6) is 3.22. The number of rotatable bonds is 2. The van der Waals surface area contributed by atoms with Crippen molar-refractivity contribution in [2.75, 3.05) is 38.8 Å². The first kappa shape index (κ1) is 17.3. The third kappa shape index (κ3) is 5.34. The molecule has 0 aliphatic carbocycles. The molecule has 0 unspecified atom stereocenters. The Kier molecular flexibility index (Phi) is 6.35. The number of carbonyl (C=O) groups excluding carboxylic acids is 1. The van der Waals surface area contributed by atoms with Crippen LogP contribution in [0.4, 0.5) is 0 Å². The van der Waals surface area contributed by atoms with Crippen molar-refractivity contribution in [3.63, 3.8) is 0 Å². The minimum atomic E-state index is -1.46. The predicted octanol–water partition coefficient (Wildman–Crippen LogP) is 3.42. The molecule has 2 heterocycles. The molecule has 4 rings (SSSR count). The molecular weight excluding hydrogens is 380 g/mol. The van der Waals surface area contributed by atoms with Gasteiger partial charge in [-0.1, -0.05) is 0 Å². The molecule has 0 fully saturated rings. The summed E-state index contributed by atoms with van der Waals surface area (Å²) in [7, 11) is 3.19. The van der Waals surface area contributed by atoms with E-state index in [2.05, 4.69) is 10.6 Å². The number of methoxy groups -OCH3 is 2. The Morgan fingerprint density at radius 1 is 0.963 bits per heavy atom. The van der Waals surface area contributed by atoms with E-state index >= 15 is 0 Å². The number of benzene rings is 2. The zero-order valence-corrected chi connectivity index (χ0v) is 17.0. The highest BCUT2D eigenvalue weighted by Gasteiger charge is 2.15. The molecule has 0 bridgehead atoms. The lowest BCUT2D eigenvalue weighted by Gasteiger charge is -2.06. The molecule has 0 saturated carbocycles. The monoisotopic (exact) mass is 406 g/mol. The fourth-order valence-corrected chi connectivity index (χ4v) is 4.34. The van der Waals surface area contributed by atoms with Crippen molar-refractivity contribution in [1.82, 2.24) is 10.6 Å². The van der Waals surface area contributed by atoms with E-state index in [1.54, 1.807) is 49.9 Å². The highest BCUT2D eigenvalue weighted by Crippen LogP contribution is 2.28. The molecule has 7 heteroatoms. The van der Waals surface area contributed by atoms with Gasteiger partial charge in [-0.25, -0.2) is 0 Å². The Bertz CT molecular complexity index is 881. The molecule has 2 aliphatic heterocycles. The third-order valence-electron chi connectivity index (χ3n) is 3.97. The maximum absolute atomic E-state index is 11.6. The van der Waals surface area contributed by atoms with Gasteiger partial charge in [0.25, 0.3) is 5.91 Å². The van der Waals surface area contributed by atoms with E-state index in [1.165, 1.54) is 0 Å². The first-order valence-electron chi connectivity index (χ1n) is 9.60. The first-order valence-corrected chi connectivity index (χ1v) is 10.6. The van der Waals surface area contributed by atoms with Crippen LogP contribution in [0.2, 0.25) is 0 Å². The van der Waals surface area contributed by atoms with Gasteiger partial charge in [0.2, 0.25) is 0 Å². The fraction of sp³-hybridized carbons (Fsp3) is 0.350. The Labute approximate surface area is 171 Å². The van der Waals surface area contributed by atoms with Crippen molar-refractivity contribution in [3.8, 4) is 11.5 Å². The number of ether oxygens (including phenoxy) is 2. The standard InChI is InChI=1S/C10H11NO2S.C10H13NOS/c1-13-7-2-3-9-8(6-7)10(12)11-4-5-14-9;1-12-9-2-3-10-8(6-9)7-11-4-5-13-10/h2-3,6H,4-5H2,1H3,(H,11,12);2-3,6,11H,4-5,7H2,1H3/i;7D2. The van der Waals surface area contributed by atoms with Crippen molar-refractivity contribution < 1.29 is 17.0 Å². The van der Waals surface area contributed by atoms with E-state index in [0.29, 0.717) is 23.4 Å². The molecule has 2 N–H and O–H groups in total. The quantitative estimate of drug-likeness (QED) is 0.797. The molecule has 1 amide bonds. The van der Waals surface area contributed by atoms with E-state index in [-0.39, 0.29) is 5.91 Å². The Morgan fingerprint density at radius 3 is 2.41 bits per heavy atom. The minimum absolute atomic E-state index is 0.0103. The third-order valence-corrected chi connectivity index (χ3v) is 6.12. The number of hydrogen-bond donors (Lipinski definition) is 2. The van der Waals surface area contributed by atoms with E-state index in [4.69, 9.17) is 12.2 Å². The Hall–Kier alpha value is -1.83. The maximum Gasteiger partial charge on any atom is 0.252 e. The maximum atomic E-state index is 11.6. The number of thioether (sulfide) groups is 2. The zero-order valence-electron chi connectivity index (χ0n) is 17.3. The molecule has 0 radical (unpaired) electrons. The predicted molar refractivity (Wildman–Crippen MR) is 111 cm³/mol. The van der Waals surface area contributed by atoms with Crippen LogP contribution in [0.1, 0.15) is 18.7 Å². The Morgan fingerprint density at radius 2 is 1.63 bits per heavy atom. The summed E-state index contributed by atoms with van der Waals surface area (Å²) < 4.78 is 26.0. The van der Waals surface area contributed by atoms with Gasteiger partial charge in [-0.05, 0) is 42.0 Å². The molecule has 144 valence electrons. The van der Waals surface area contributed by atoms with Crippen molar-refractivity contribution in [2.45, 2.75) is 16.3 Å². The van der Waals surface area contributed by atoms with Crippen LogP contribution in [0.25, 0.3) is 0 Å². The van der Waals surface area contributed by atoms with Crippen LogP contribution in [-0.2, 0) is 6.50 Å². The fourth-order valence-electron chi connectivity index (χ4n) is 2.59. The second-order valence-electron chi connectivity index (χ2n) is 5.73. The lowest BCUT2D eigenvalue weighted by atomic mass is 10.2. The van der Waals surface area contributed by atoms with Gasteiger partial charge < -0.3 is 20.1 Å². The lowest BCUT2D eigenvalue weighted by Crippen LogP contribution is -2.23. The molecule has 2 aromatic carbocycles. The second-order valence-corrected chi connectivity index (χ2v) is 8.00. The summed E-state index contributed by atoms with van der Waals surface area (Å²) in [6.07, 6.45) is 0. The summed E-state index contributed by atoms with van der Waals surface area (Å²) in [6, 6.07) is 11.1. The van der Waals surface area contributed by atoms with Crippen molar-refractivity contribution in [2.24, 2.45) is 0 Å². The van der Waals surface area contributed by atoms with Crippen LogP contribution in [-0.4, -0.2) is 44.7 Å². The highest BCUT2D eigenvalue weighted by molar-refractivity contribution is 7.99. The van der Waals surface area contributed by atoms with Crippen molar-refractivity contribution in [1.29, 1.82) is 0 Å². The highest BCUT2D eigenvalue weighted by atomic mass is 32.2. The summed E-state index contributed by atoms with van der Waals surface area (Å²) in [5, 5.41) is 5.72. The van der Waals surface area contributed by atoms with E-state index in [9.17, 15) is 4.79 Å². The molecule has 0 atom stereocenters. The van der Waals surface area contributed by atoms with Gasteiger partial charge in [0.05, 0.1) is 19.8 Å². The smallest absolute Gasteiger partial charge is 0.252 e. The van der Waals surface area contributed by atoms with Gasteiger partial charge in [0.15, 0.2) is 0 Å². The lowest BCUT2D eigenvalue weighted by molar-refractivity contribution is 0.0954. The van der Waals surface area contributed by atoms with Crippen molar-refractivity contribution in [3.05, 3.63) is 47.5 Å². The van der Waals surface area contributed by atoms with Gasteiger partial charge in [-0.3, -0.25) is 4.79 Å². The molecule has 2 aliphatic rings. The van der Waals surface area contributed by atoms with Crippen LogP contribution in [0.3, 0.4) is 0 Å². The summed E-state index contributed by atoms with van der Waals surface area (Å²) in [6.45, 7) is -0.0669. The van der Waals surface area contributed by atoms with Crippen LogP contribution in [0, 0.1) is 0 Å². The van der Waals surface area contributed by atoms with Gasteiger partial charge in [0, 0.05) is 43.6 Å². The summed E-state index contributed by atoms with van der Waals surface area (Å²) in [5.41, 5.74) is 1.39. The van der Waals surface area contributed by atoms with Gasteiger partial charge in [-0.15, -0.1) is 23.5 Å². The minimum Gasteiger partial charge on any atom is -0.497 e. The van der Waals surface area contributed by atoms with Crippen LogP contribution in [0.5, 0.6) is 11.5 Å². The second kappa shape index (κ2) is 9.92. The molecule has 2 aromatic rings. The van der Waals surface area contributed by atoms with Crippen LogP contribution < -0.4 is 20.1 Å². The van der Waals surface area contributed by atoms with E-state index in [1.807, 2.05) is 24.3 Å². The van der Waals surface area contributed by atoms with E-state index in [0.717, 1.165) is 33.6 Å². The molecule has 5 nitrogen and oxygen atoms in total. The largest absolute Gasteiger partial charge is 0.497 e. The average molecular weight is 407 g/mol. The van der Waals surface area contributed by atoms with Gasteiger partial charge in [0.1, 0.15) is 11.5 Å². The number of amides is 1. The molecule has 0 saturated heterocycles. The van der Waals surface area contributed by atoms with E-state index < -0.39 is 6.50 Å². The zero-order chi connectivity index (χ0) is 20.9. The summed E-state index contributed by atoms with van der Waals surface area (Å²) in [4.78, 5) is 13.6. The normalized spacial score (nSPS) is 18.7. The number of carbonyl (C=O) groups is 1. The number of fused-ring (bicyclic) bond motifs is 2. The van der Waals surface area contributed by atoms with Gasteiger partial charge in [-0.2, -0.15) is 0 Å². The average Bonchev–Trinajstić information content (AvgIpc) is 3.01. The molecule has 0 aromatic heterocycles. The summed E-state index contributed by atoms with van der Waals surface area (Å²) >= 11 is 3.37. The number of hydrogen-bond acceptors (Lipinski definition) is 6. The van der Waals surface area contributed by atoms with Crippen LogP contribution >= 0.6 is 23.5 Å². The topological polar surface area (TPSA) is 59.6 Å². The number of nitrogens with one attached hydrogen (secondary N) is 2. The SMILES string of the molecule is COc1ccc2c(c1)C(=O)NCCS2.[2H]C1([2H])NCCSc2ccc(OC)cc21. The van der Waals surface area contributed by atoms with Gasteiger partial charge >= 0.3 is 0 Å².